The fourth-order valence-electron chi connectivity index (χ4n) is 2.21. The summed E-state index contributed by atoms with van der Waals surface area (Å²) in [5.74, 6) is 0.272. The van der Waals surface area contributed by atoms with E-state index in [-0.39, 0.29) is 0 Å². The van der Waals surface area contributed by atoms with Gasteiger partial charge in [-0.1, -0.05) is 6.07 Å². The molecule has 0 bridgehead atoms. The highest BCUT2D eigenvalue weighted by atomic mass is 16.5. The van der Waals surface area contributed by atoms with Crippen LogP contribution in [0.25, 0.3) is 10.9 Å². The first-order chi connectivity index (χ1) is 9.10. The van der Waals surface area contributed by atoms with Gasteiger partial charge in [-0.05, 0) is 19.1 Å². The molecule has 0 radical (unpaired) electrons. The predicted octanol–water partition coefficient (Wildman–Crippen LogP) is 1.75. The lowest BCUT2D eigenvalue weighted by Crippen LogP contribution is -2.23. The molecule has 0 fully saturated rings. The van der Waals surface area contributed by atoms with Crippen molar-refractivity contribution in [2.24, 2.45) is 12.8 Å². The van der Waals surface area contributed by atoms with Crippen molar-refractivity contribution in [2.75, 3.05) is 13.7 Å². The Balaban J connectivity index is 2.57. The first-order valence-corrected chi connectivity index (χ1v) is 6.14. The Labute approximate surface area is 111 Å². The van der Waals surface area contributed by atoms with Crippen molar-refractivity contribution >= 4 is 16.9 Å². The van der Waals surface area contributed by atoms with Gasteiger partial charge < -0.3 is 19.8 Å². The minimum Gasteiger partial charge on any atom is -0.496 e. The number of hydrogen-bond acceptors (Lipinski definition) is 4. The van der Waals surface area contributed by atoms with Crippen LogP contribution in [-0.2, 0) is 16.6 Å². The molecule has 0 aliphatic heterocycles. The minimum atomic E-state index is -0.806. The Morgan fingerprint density at radius 1 is 1.47 bits per heavy atom. The number of benzene rings is 1. The van der Waals surface area contributed by atoms with E-state index in [1.165, 1.54) is 0 Å². The van der Waals surface area contributed by atoms with Crippen LogP contribution in [0.1, 0.15) is 18.5 Å². The van der Waals surface area contributed by atoms with E-state index in [4.69, 9.17) is 15.2 Å². The van der Waals surface area contributed by atoms with Gasteiger partial charge in [-0.3, -0.25) is 0 Å². The Kier molecular flexibility index (Phi) is 3.76. The second kappa shape index (κ2) is 5.32. The van der Waals surface area contributed by atoms with E-state index < -0.39 is 12.0 Å². The molecular formula is C14H18N2O3. The highest BCUT2D eigenvalue weighted by Gasteiger charge is 2.23. The van der Waals surface area contributed by atoms with Crippen LogP contribution in [0.3, 0.4) is 0 Å². The van der Waals surface area contributed by atoms with Crippen molar-refractivity contribution < 1.29 is 14.3 Å². The van der Waals surface area contributed by atoms with E-state index in [1.807, 2.05) is 36.0 Å². The van der Waals surface area contributed by atoms with E-state index in [9.17, 15) is 4.79 Å². The predicted molar refractivity (Wildman–Crippen MR) is 73.0 cm³/mol. The molecule has 2 aromatic rings. The van der Waals surface area contributed by atoms with E-state index in [0.717, 1.165) is 10.9 Å². The lowest BCUT2D eigenvalue weighted by Gasteiger charge is -2.11. The van der Waals surface area contributed by atoms with Crippen LogP contribution in [-0.4, -0.2) is 24.3 Å². The molecule has 0 amide bonds. The fraction of sp³-hybridized carbons (Fsp3) is 0.357. The van der Waals surface area contributed by atoms with Crippen LogP contribution in [0.5, 0.6) is 5.75 Å². The quantitative estimate of drug-likeness (QED) is 0.852. The average Bonchev–Trinajstić information content (AvgIpc) is 2.76. The number of methoxy groups -OCH3 is 1. The van der Waals surface area contributed by atoms with E-state index in [0.29, 0.717) is 17.9 Å². The third-order valence-corrected chi connectivity index (χ3v) is 3.10. The summed E-state index contributed by atoms with van der Waals surface area (Å²) in [6.45, 7) is 2.07. The second-order valence-corrected chi connectivity index (χ2v) is 4.28. The summed E-state index contributed by atoms with van der Waals surface area (Å²) < 4.78 is 12.2. The number of carbonyl (C=O) groups excluding carboxylic acids is 1. The number of fused-ring (bicyclic) bond motifs is 1. The van der Waals surface area contributed by atoms with Gasteiger partial charge in [-0.2, -0.15) is 0 Å². The number of nitrogens with zero attached hydrogens (tertiary/aromatic N) is 1. The zero-order valence-electron chi connectivity index (χ0n) is 11.3. The molecule has 0 aliphatic rings. The average molecular weight is 262 g/mol. The molecule has 2 N–H and O–H groups in total. The maximum absolute atomic E-state index is 11.8. The molecule has 5 nitrogen and oxygen atoms in total. The number of aromatic nitrogens is 1. The summed E-state index contributed by atoms with van der Waals surface area (Å²) in [6.07, 6.45) is 1.84. The van der Waals surface area contributed by atoms with Crippen LogP contribution < -0.4 is 10.5 Å². The zero-order valence-corrected chi connectivity index (χ0v) is 11.3. The summed E-state index contributed by atoms with van der Waals surface area (Å²) in [4.78, 5) is 11.8. The number of carbonyl (C=O) groups is 1. The first-order valence-electron chi connectivity index (χ1n) is 6.14. The highest BCUT2D eigenvalue weighted by molar-refractivity contribution is 5.94. The van der Waals surface area contributed by atoms with Crippen molar-refractivity contribution in [3.05, 3.63) is 30.0 Å². The molecule has 19 heavy (non-hydrogen) atoms. The Morgan fingerprint density at radius 3 is 2.84 bits per heavy atom. The topological polar surface area (TPSA) is 66.5 Å². The normalized spacial score (nSPS) is 12.4. The Bertz CT molecular complexity index is 604. The van der Waals surface area contributed by atoms with E-state index in [2.05, 4.69) is 0 Å². The van der Waals surface area contributed by atoms with Gasteiger partial charge in [0, 0.05) is 24.2 Å². The van der Waals surface area contributed by atoms with Crippen LogP contribution in [0.4, 0.5) is 0 Å². The molecule has 0 spiro atoms. The van der Waals surface area contributed by atoms with Gasteiger partial charge in [-0.15, -0.1) is 0 Å². The summed E-state index contributed by atoms with van der Waals surface area (Å²) in [5.41, 5.74) is 7.67. The molecule has 102 valence electrons. The lowest BCUT2D eigenvalue weighted by molar-refractivity contribution is -0.144. The number of ether oxygens (including phenoxy) is 2. The first kappa shape index (κ1) is 13.4. The molecule has 2 rings (SSSR count). The van der Waals surface area contributed by atoms with Crippen LogP contribution >= 0.6 is 0 Å². The third-order valence-electron chi connectivity index (χ3n) is 3.10. The molecular weight excluding hydrogens is 244 g/mol. The van der Waals surface area contributed by atoms with Crippen molar-refractivity contribution in [3.8, 4) is 5.75 Å². The molecule has 0 saturated carbocycles. The largest absolute Gasteiger partial charge is 0.496 e. The number of aryl methyl sites for hydroxylation is 1. The van der Waals surface area contributed by atoms with Crippen LogP contribution in [0, 0.1) is 0 Å². The monoisotopic (exact) mass is 262 g/mol. The fourth-order valence-corrected chi connectivity index (χ4v) is 2.21. The Hall–Kier alpha value is -2.01. The van der Waals surface area contributed by atoms with Crippen molar-refractivity contribution in [3.63, 3.8) is 0 Å². The third kappa shape index (κ3) is 2.29. The van der Waals surface area contributed by atoms with Crippen LogP contribution in [0.15, 0.2) is 24.4 Å². The van der Waals surface area contributed by atoms with E-state index in [1.54, 1.807) is 14.0 Å². The number of hydrogen-bond donors (Lipinski definition) is 1. The Morgan fingerprint density at radius 2 is 2.21 bits per heavy atom. The smallest absolute Gasteiger partial charge is 0.327 e. The molecule has 0 saturated heterocycles. The number of esters is 1. The van der Waals surface area contributed by atoms with E-state index >= 15 is 0 Å². The summed E-state index contributed by atoms with van der Waals surface area (Å²) in [6, 6.07) is 4.91. The minimum absolute atomic E-state index is 0.314. The highest BCUT2D eigenvalue weighted by Crippen LogP contribution is 2.33. The molecule has 1 aromatic carbocycles. The lowest BCUT2D eigenvalue weighted by atomic mass is 10.1. The molecule has 1 atom stereocenters. The van der Waals surface area contributed by atoms with Crippen LogP contribution in [0.2, 0.25) is 0 Å². The van der Waals surface area contributed by atoms with Crippen molar-refractivity contribution in [1.29, 1.82) is 0 Å². The second-order valence-electron chi connectivity index (χ2n) is 4.28. The van der Waals surface area contributed by atoms with Gasteiger partial charge in [0.2, 0.25) is 0 Å². The van der Waals surface area contributed by atoms with Gasteiger partial charge in [-0.25, -0.2) is 4.79 Å². The van der Waals surface area contributed by atoms with Gasteiger partial charge in [0.1, 0.15) is 11.8 Å². The van der Waals surface area contributed by atoms with Gasteiger partial charge in [0.05, 0.1) is 19.2 Å². The standard InChI is InChI=1S/C14H18N2O3/c1-4-19-14(17)13(15)9-8-16(2)10-6-5-7-11(18-3)12(9)10/h5-8,13H,4,15H2,1-3H3. The van der Waals surface area contributed by atoms with Gasteiger partial charge in [0.25, 0.3) is 0 Å². The number of rotatable bonds is 4. The molecule has 5 heteroatoms. The molecule has 1 aromatic heterocycles. The van der Waals surface area contributed by atoms with Gasteiger partial charge in [0.15, 0.2) is 0 Å². The summed E-state index contributed by atoms with van der Waals surface area (Å²) in [5, 5.41) is 0.855. The van der Waals surface area contributed by atoms with Crippen molar-refractivity contribution in [1.82, 2.24) is 4.57 Å². The molecule has 1 heterocycles. The number of nitrogens with two attached hydrogens (primary N) is 1. The van der Waals surface area contributed by atoms with Gasteiger partial charge >= 0.3 is 5.97 Å². The summed E-state index contributed by atoms with van der Waals surface area (Å²) in [7, 11) is 3.50. The maximum atomic E-state index is 11.8. The van der Waals surface area contributed by atoms with Crippen molar-refractivity contribution in [2.45, 2.75) is 13.0 Å². The maximum Gasteiger partial charge on any atom is 0.327 e. The summed E-state index contributed by atoms with van der Waals surface area (Å²) >= 11 is 0. The molecule has 0 aliphatic carbocycles. The zero-order chi connectivity index (χ0) is 14.0. The molecule has 1 unspecified atom stereocenters. The SMILES string of the molecule is CCOC(=O)C(N)c1cn(C)c2cccc(OC)c12.